The molecule has 1 heterocycles. The van der Waals surface area contributed by atoms with Gasteiger partial charge in [0.1, 0.15) is 11.4 Å². The van der Waals surface area contributed by atoms with Crippen LogP contribution in [0, 0.1) is 0 Å². The molecular weight excluding hydrogens is 222 g/mol. The molecule has 0 unspecified atom stereocenters. The van der Waals surface area contributed by atoms with Gasteiger partial charge in [-0.3, -0.25) is 0 Å². The normalized spacial score (nSPS) is 24.4. The van der Waals surface area contributed by atoms with Crippen LogP contribution in [0.4, 0.5) is 0 Å². The fourth-order valence-electron chi connectivity index (χ4n) is 3.33. The van der Waals surface area contributed by atoms with Gasteiger partial charge >= 0.3 is 0 Å². The van der Waals surface area contributed by atoms with Crippen molar-refractivity contribution in [2.75, 3.05) is 0 Å². The molecule has 0 amide bonds. The van der Waals surface area contributed by atoms with Crippen LogP contribution in [-0.4, -0.2) is 5.60 Å². The Morgan fingerprint density at radius 2 is 1.83 bits per heavy atom. The molecule has 2 N–H and O–H groups in total. The number of ether oxygens (including phenoxy) is 1. The average Bonchev–Trinajstić information content (AvgIpc) is 2.75. The number of aryl methyl sites for hydroxylation is 1. The van der Waals surface area contributed by atoms with Gasteiger partial charge in [0.2, 0.25) is 0 Å². The molecule has 0 spiro atoms. The van der Waals surface area contributed by atoms with Crippen molar-refractivity contribution in [1.82, 2.24) is 0 Å². The highest BCUT2D eigenvalue weighted by atomic mass is 16.5. The zero-order valence-corrected chi connectivity index (χ0v) is 11.5. The molecule has 18 heavy (non-hydrogen) atoms. The quantitative estimate of drug-likeness (QED) is 0.821. The fraction of sp³-hybridized carbons (Fsp3) is 0.625. The van der Waals surface area contributed by atoms with E-state index >= 15 is 0 Å². The van der Waals surface area contributed by atoms with E-state index in [0.29, 0.717) is 0 Å². The fourth-order valence-corrected chi connectivity index (χ4v) is 3.33. The molecule has 1 aromatic rings. The number of rotatable bonds is 1. The average molecular weight is 245 g/mol. The Morgan fingerprint density at radius 1 is 1.11 bits per heavy atom. The molecule has 2 nitrogen and oxygen atoms in total. The minimum atomic E-state index is -0.154. The molecule has 0 atom stereocenters. The Labute approximate surface area is 110 Å². The van der Waals surface area contributed by atoms with Crippen molar-refractivity contribution < 1.29 is 4.74 Å². The van der Waals surface area contributed by atoms with Gasteiger partial charge in [-0.1, -0.05) is 31.0 Å². The van der Waals surface area contributed by atoms with Crippen LogP contribution in [0.1, 0.15) is 57.1 Å². The smallest absolute Gasteiger partial charge is 0.128 e. The number of para-hydroxylation sites is 1. The second-order valence-electron chi connectivity index (χ2n) is 6.52. The van der Waals surface area contributed by atoms with Crippen molar-refractivity contribution >= 4 is 0 Å². The maximum atomic E-state index is 6.61. The summed E-state index contributed by atoms with van der Waals surface area (Å²) in [4.78, 5) is 0. The predicted octanol–water partition coefficient (Wildman–Crippen LogP) is 3.52. The third kappa shape index (κ3) is 1.93. The van der Waals surface area contributed by atoms with E-state index in [0.717, 1.165) is 31.4 Å². The highest BCUT2D eigenvalue weighted by molar-refractivity contribution is 5.47. The van der Waals surface area contributed by atoms with Crippen molar-refractivity contribution in [3.8, 4) is 5.75 Å². The largest absolute Gasteiger partial charge is 0.487 e. The van der Waals surface area contributed by atoms with Crippen molar-refractivity contribution in [2.45, 2.75) is 63.5 Å². The molecule has 0 saturated heterocycles. The summed E-state index contributed by atoms with van der Waals surface area (Å²) in [7, 11) is 0. The molecule has 98 valence electrons. The van der Waals surface area contributed by atoms with E-state index in [1.807, 2.05) is 0 Å². The third-order valence-electron chi connectivity index (χ3n) is 4.50. The summed E-state index contributed by atoms with van der Waals surface area (Å²) in [5.74, 6) is 1.08. The first kappa shape index (κ1) is 12.0. The van der Waals surface area contributed by atoms with Crippen molar-refractivity contribution in [3.63, 3.8) is 0 Å². The van der Waals surface area contributed by atoms with Gasteiger partial charge in [-0.2, -0.15) is 0 Å². The van der Waals surface area contributed by atoms with Crippen LogP contribution in [0.25, 0.3) is 0 Å². The second-order valence-corrected chi connectivity index (χ2v) is 6.52. The summed E-state index contributed by atoms with van der Waals surface area (Å²) in [5.41, 5.74) is 8.98. The van der Waals surface area contributed by atoms with E-state index in [2.05, 4.69) is 32.0 Å². The summed E-state index contributed by atoms with van der Waals surface area (Å²) in [5, 5.41) is 0. The Balaban J connectivity index is 2.06. The molecule has 1 aliphatic heterocycles. The van der Waals surface area contributed by atoms with Gasteiger partial charge in [0.05, 0.1) is 0 Å². The van der Waals surface area contributed by atoms with E-state index in [9.17, 15) is 0 Å². The van der Waals surface area contributed by atoms with Crippen LogP contribution < -0.4 is 10.5 Å². The van der Waals surface area contributed by atoms with Gasteiger partial charge in [0, 0.05) is 11.1 Å². The lowest BCUT2D eigenvalue weighted by molar-refractivity contribution is 0.0813. The molecule has 2 heteroatoms. The first-order chi connectivity index (χ1) is 8.50. The number of fused-ring (bicyclic) bond motifs is 1. The lowest BCUT2D eigenvalue weighted by Gasteiger charge is -2.37. The maximum absolute atomic E-state index is 6.61. The highest BCUT2D eigenvalue weighted by Crippen LogP contribution is 2.45. The Hall–Kier alpha value is -1.02. The van der Waals surface area contributed by atoms with Crippen LogP contribution in [-0.2, 0) is 12.0 Å². The molecular formula is C16H23NO. The number of nitrogens with two attached hydrogens (primary N) is 1. The van der Waals surface area contributed by atoms with E-state index in [1.165, 1.54) is 24.0 Å². The van der Waals surface area contributed by atoms with Crippen molar-refractivity contribution in [2.24, 2.45) is 5.73 Å². The van der Waals surface area contributed by atoms with E-state index in [-0.39, 0.29) is 11.1 Å². The topological polar surface area (TPSA) is 35.2 Å². The second kappa shape index (κ2) is 3.99. The minimum Gasteiger partial charge on any atom is -0.487 e. The standard InChI is InChI=1S/C16H23NO/c1-15(2)11-8-12-6-5-7-13(14(12)18-15)16(17)9-3-4-10-16/h5-7H,3-4,8-11,17H2,1-2H3. The Kier molecular flexibility index (Phi) is 2.67. The van der Waals surface area contributed by atoms with Crippen LogP contribution in [0.5, 0.6) is 5.75 Å². The third-order valence-corrected chi connectivity index (χ3v) is 4.50. The van der Waals surface area contributed by atoms with Gasteiger partial charge in [-0.25, -0.2) is 0 Å². The first-order valence-corrected chi connectivity index (χ1v) is 7.11. The lowest BCUT2D eigenvalue weighted by Crippen LogP contribution is -2.38. The van der Waals surface area contributed by atoms with E-state index in [4.69, 9.17) is 10.5 Å². The van der Waals surface area contributed by atoms with Gasteiger partial charge in [0.25, 0.3) is 0 Å². The summed E-state index contributed by atoms with van der Waals surface area (Å²) in [6, 6.07) is 6.50. The molecule has 1 saturated carbocycles. The van der Waals surface area contributed by atoms with Crippen LogP contribution in [0.2, 0.25) is 0 Å². The Morgan fingerprint density at radius 3 is 2.56 bits per heavy atom. The number of hydrogen-bond acceptors (Lipinski definition) is 2. The number of hydrogen-bond donors (Lipinski definition) is 1. The summed E-state index contributed by atoms with van der Waals surface area (Å²) in [6.07, 6.45) is 6.85. The van der Waals surface area contributed by atoms with Gasteiger partial charge < -0.3 is 10.5 Å². The SMILES string of the molecule is CC1(C)CCc2cccc(C3(N)CCCC3)c2O1. The summed E-state index contributed by atoms with van der Waals surface area (Å²) < 4.78 is 6.25. The van der Waals surface area contributed by atoms with Crippen molar-refractivity contribution in [1.29, 1.82) is 0 Å². The molecule has 3 rings (SSSR count). The zero-order chi connectivity index (χ0) is 12.8. The van der Waals surface area contributed by atoms with Gasteiger partial charge in [0.15, 0.2) is 0 Å². The van der Waals surface area contributed by atoms with Crippen LogP contribution in [0.3, 0.4) is 0 Å². The lowest BCUT2D eigenvalue weighted by atomic mass is 9.84. The monoisotopic (exact) mass is 245 g/mol. The molecule has 0 bridgehead atoms. The summed E-state index contributed by atoms with van der Waals surface area (Å²) in [6.45, 7) is 4.34. The van der Waals surface area contributed by atoms with Crippen molar-refractivity contribution in [3.05, 3.63) is 29.3 Å². The summed E-state index contributed by atoms with van der Waals surface area (Å²) >= 11 is 0. The predicted molar refractivity (Wildman–Crippen MR) is 73.8 cm³/mol. The molecule has 0 aromatic heterocycles. The molecule has 2 aliphatic rings. The molecule has 0 radical (unpaired) electrons. The molecule has 1 aliphatic carbocycles. The van der Waals surface area contributed by atoms with E-state index in [1.54, 1.807) is 0 Å². The minimum absolute atomic E-state index is 0.0575. The Bertz CT molecular complexity index is 458. The van der Waals surface area contributed by atoms with Crippen LogP contribution in [0.15, 0.2) is 18.2 Å². The first-order valence-electron chi connectivity index (χ1n) is 7.11. The van der Waals surface area contributed by atoms with Gasteiger partial charge in [-0.05, 0) is 45.1 Å². The highest BCUT2D eigenvalue weighted by Gasteiger charge is 2.37. The zero-order valence-electron chi connectivity index (χ0n) is 11.5. The van der Waals surface area contributed by atoms with Gasteiger partial charge in [-0.15, -0.1) is 0 Å². The number of benzene rings is 1. The maximum Gasteiger partial charge on any atom is 0.128 e. The van der Waals surface area contributed by atoms with Crippen LogP contribution >= 0.6 is 0 Å². The molecule has 1 aromatic carbocycles. The van der Waals surface area contributed by atoms with E-state index < -0.39 is 0 Å². The molecule has 1 fully saturated rings.